The number of rotatable bonds is 52. The van der Waals surface area contributed by atoms with Crippen molar-refractivity contribution < 1.29 is 56.4 Å². The second kappa shape index (κ2) is 45.2. The molecule has 0 spiro atoms. The quantitative estimate of drug-likeness (QED) is 0.0211. The van der Waals surface area contributed by atoms with Gasteiger partial charge in [0.05, 0.1) is 26.2 Å². The van der Waals surface area contributed by atoms with E-state index in [2.05, 4.69) is 41.4 Å². The van der Waals surface area contributed by atoms with Crippen molar-refractivity contribution in [1.82, 2.24) is 20.9 Å². The molecule has 0 saturated heterocycles. The van der Waals surface area contributed by atoms with E-state index in [1.807, 2.05) is 39.0 Å². The normalized spacial score (nSPS) is 13.7. The maximum atomic E-state index is 13.9. The first-order chi connectivity index (χ1) is 38.6. The van der Waals surface area contributed by atoms with Gasteiger partial charge in [0.1, 0.15) is 24.8 Å². The molecular formula is C63H107N4O12P. The van der Waals surface area contributed by atoms with Crippen molar-refractivity contribution in [2.75, 3.05) is 33.0 Å². The van der Waals surface area contributed by atoms with Gasteiger partial charge in [0, 0.05) is 49.8 Å². The summed E-state index contributed by atoms with van der Waals surface area (Å²) in [5.41, 5.74) is 2.78. The van der Waals surface area contributed by atoms with Crippen molar-refractivity contribution in [2.45, 2.75) is 265 Å². The number of phosphoric ester groups is 1. The number of phosphoric acid groups is 1. The van der Waals surface area contributed by atoms with Crippen molar-refractivity contribution >= 4 is 54.2 Å². The first kappa shape index (κ1) is 71.7. The van der Waals surface area contributed by atoms with Crippen LogP contribution < -0.4 is 16.0 Å². The van der Waals surface area contributed by atoms with Gasteiger partial charge in [-0.2, -0.15) is 0 Å². The summed E-state index contributed by atoms with van der Waals surface area (Å²) in [5.74, 6) is -2.91. The van der Waals surface area contributed by atoms with Gasteiger partial charge in [-0.3, -0.25) is 42.3 Å². The molecule has 2 aromatic rings. The summed E-state index contributed by atoms with van der Waals surface area (Å²) >= 11 is 0. The number of amides is 3. The number of aromatic nitrogens is 1. The van der Waals surface area contributed by atoms with Gasteiger partial charge in [0.2, 0.25) is 17.7 Å². The van der Waals surface area contributed by atoms with Gasteiger partial charge in [-0.1, -0.05) is 206 Å². The fourth-order valence-corrected chi connectivity index (χ4v) is 10.8. The van der Waals surface area contributed by atoms with E-state index in [0.29, 0.717) is 19.3 Å². The van der Waals surface area contributed by atoms with E-state index in [1.54, 1.807) is 6.20 Å². The highest BCUT2D eigenvalue weighted by atomic mass is 31.2. The molecule has 5 atom stereocenters. The second-order valence-corrected chi connectivity index (χ2v) is 23.6. The largest absolute Gasteiger partial charge is 0.475 e. The number of carbonyl (C=O) groups excluding carboxylic acids is 6. The SMILES string of the molecule is C=CCOP(=O)(OCCNC(=O)[C@@H](NC(=O)Cc1c[nH]c2ccc(C)cc12)[C@@H](C)CC)OC[C@@H](NC(C)=O)C(=O)CC[C@@H](COC(=O)CCCCCCCCCCCCCCC)OC(=O)CCCCCCCCCCCCCCC. The summed E-state index contributed by atoms with van der Waals surface area (Å²) in [4.78, 5) is 82.2. The smallest absolute Gasteiger partial charge is 0.462 e. The Balaban J connectivity index is 1.97. The second-order valence-electron chi connectivity index (χ2n) is 22.0. The molecule has 0 aliphatic heterocycles. The molecule has 0 saturated carbocycles. The number of nitrogens with one attached hydrogen (secondary N) is 4. The predicted octanol–water partition coefficient (Wildman–Crippen LogP) is 14.3. The lowest BCUT2D eigenvalue weighted by atomic mass is 9.97. The third-order valence-electron chi connectivity index (χ3n) is 14.7. The van der Waals surface area contributed by atoms with E-state index in [1.165, 1.54) is 129 Å². The van der Waals surface area contributed by atoms with Crippen LogP contribution in [0, 0.1) is 12.8 Å². The molecule has 1 unspecified atom stereocenters. The van der Waals surface area contributed by atoms with Crippen LogP contribution in [0.5, 0.6) is 0 Å². The summed E-state index contributed by atoms with van der Waals surface area (Å²) in [6, 6.07) is 3.79. The van der Waals surface area contributed by atoms with Crippen LogP contribution in [-0.4, -0.2) is 91.6 Å². The van der Waals surface area contributed by atoms with Crippen molar-refractivity contribution in [2.24, 2.45) is 5.92 Å². The Morgan fingerprint density at radius 3 is 1.74 bits per heavy atom. The molecule has 2 rings (SSSR count). The maximum Gasteiger partial charge on any atom is 0.475 e. The number of hydrogen-bond donors (Lipinski definition) is 4. The van der Waals surface area contributed by atoms with E-state index in [-0.39, 0.29) is 70.3 Å². The Bertz CT molecular complexity index is 2100. The number of aromatic amines is 1. The Hall–Kier alpha value is -4.37. The van der Waals surface area contributed by atoms with E-state index < -0.39 is 62.2 Å². The molecule has 1 aromatic carbocycles. The van der Waals surface area contributed by atoms with E-state index in [0.717, 1.165) is 60.6 Å². The van der Waals surface area contributed by atoms with Crippen LogP contribution in [0.25, 0.3) is 10.9 Å². The molecule has 0 aliphatic carbocycles. The van der Waals surface area contributed by atoms with Gasteiger partial charge in [-0.25, -0.2) is 4.57 Å². The molecular weight excluding hydrogens is 1040 g/mol. The number of aryl methyl sites for hydroxylation is 1. The maximum absolute atomic E-state index is 13.9. The monoisotopic (exact) mass is 1140 g/mol. The molecule has 0 bridgehead atoms. The van der Waals surface area contributed by atoms with Crippen molar-refractivity contribution in [3.63, 3.8) is 0 Å². The molecule has 456 valence electrons. The van der Waals surface area contributed by atoms with Gasteiger partial charge in [0.25, 0.3) is 0 Å². The molecule has 1 heterocycles. The number of hydrogen-bond acceptors (Lipinski definition) is 12. The average Bonchev–Trinajstić information content (AvgIpc) is 3.85. The first-order valence-corrected chi connectivity index (χ1v) is 32.5. The van der Waals surface area contributed by atoms with E-state index >= 15 is 0 Å². The van der Waals surface area contributed by atoms with Crippen LogP contribution in [0.4, 0.5) is 0 Å². The minimum Gasteiger partial charge on any atom is -0.462 e. The summed E-state index contributed by atoms with van der Waals surface area (Å²) < 4.78 is 42.0. The zero-order valence-electron chi connectivity index (χ0n) is 50.4. The highest BCUT2D eigenvalue weighted by Crippen LogP contribution is 2.49. The van der Waals surface area contributed by atoms with Gasteiger partial charge in [0.15, 0.2) is 5.78 Å². The standard InChI is InChI=1S/C63H107N4O12P/c1-8-12-14-16-18-20-22-24-26-28-30-32-34-36-60(71)75-48-54(79-61(72)37-35-33-31-29-27-25-23-21-19-17-15-13-9-2)39-41-58(69)57(66-52(7)68)49-78-80(74,76-43-10-3)77-44-42-64-63(73)62(51(6)11-4)67-59(70)46-53-47-65-56-40-38-50(5)45-55(53)56/h10,38,40,45,47,51,54,57,62,65H,3,8-9,11-37,39,41-44,46,48-49H2,1-2,4-7H3,(H,64,73)(H,66,68)(H,67,70)/t51-,54-,57+,62-,80?/m0/s1. The summed E-state index contributed by atoms with van der Waals surface area (Å²) in [6.07, 6.45) is 33.8. The lowest BCUT2D eigenvalue weighted by Crippen LogP contribution is -2.51. The summed E-state index contributed by atoms with van der Waals surface area (Å²) in [7, 11) is -4.42. The van der Waals surface area contributed by atoms with Gasteiger partial charge in [-0.15, -0.1) is 6.58 Å². The zero-order valence-corrected chi connectivity index (χ0v) is 51.3. The van der Waals surface area contributed by atoms with Gasteiger partial charge >= 0.3 is 19.8 Å². The van der Waals surface area contributed by atoms with Crippen LogP contribution in [0.15, 0.2) is 37.1 Å². The molecule has 4 N–H and O–H groups in total. The number of esters is 2. The van der Waals surface area contributed by atoms with E-state index in [4.69, 9.17) is 23.0 Å². The average molecular weight is 1140 g/mol. The number of benzene rings is 1. The van der Waals surface area contributed by atoms with Crippen LogP contribution in [0.2, 0.25) is 0 Å². The van der Waals surface area contributed by atoms with Crippen molar-refractivity contribution in [3.05, 3.63) is 48.2 Å². The lowest BCUT2D eigenvalue weighted by Gasteiger charge is -2.24. The van der Waals surface area contributed by atoms with Gasteiger partial charge < -0.3 is 30.4 Å². The number of H-pyrrole nitrogens is 1. The number of Topliss-reactive ketones (excluding diaryl/α,β-unsaturated/α-hetero) is 1. The number of ether oxygens (including phenoxy) is 2. The molecule has 1 aromatic heterocycles. The van der Waals surface area contributed by atoms with Crippen molar-refractivity contribution in [1.29, 1.82) is 0 Å². The number of carbonyl (C=O) groups is 6. The van der Waals surface area contributed by atoms with Crippen molar-refractivity contribution in [3.8, 4) is 0 Å². The molecule has 0 radical (unpaired) electrons. The fraction of sp³-hybridized carbons (Fsp3) is 0.746. The molecule has 0 aliphatic rings. The Kier molecular flexibility index (Phi) is 40.5. The minimum absolute atomic E-state index is 0.00702. The topological polar surface area (TPSA) is 218 Å². The minimum atomic E-state index is -4.42. The molecule has 17 heteroatoms. The number of fused-ring (bicyclic) bond motifs is 1. The predicted molar refractivity (Wildman–Crippen MR) is 320 cm³/mol. The number of unbranched alkanes of at least 4 members (excludes halogenated alkanes) is 24. The molecule has 3 amide bonds. The van der Waals surface area contributed by atoms with Crippen LogP contribution in [0.1, 0.15) is 245 Å². The lowest BCUT2D eigenvalue weighted by molar-refractivity contribution is -0.160. The third-order valence-corrected chi connectivity index (χ3v) is 16.1. The Morgan fingerprint density at radius 2 is 1.21 bits per heavy atom. The number of ketones is 1. The van der Waals surface area contributed by atoms with Gasteiger partial charge in [-0.05, 0) is 49.8 Å². The van der Waals surface area contributed by atoms with E-state index in [9.17, 15) is 33.3 Å². The van der Waals surface area contributed by atoms with Crippen LogP contribution in [-0.2, 0) is 62.8 Å². The summed E-state index contributed by atoms with van der Waals surface area (Å²) in [5, 5.41) is 9.11. The zero-order chi connectivity index (χ0) is 58.6. The first-order valence-electron chi connectivity index (χ1n) is 31.1. The summed E-state index contributed by atoms with van der Waals surface area (Å²) in [6.45, 7) is 13.5. The Morgan fingerprint density at radius 1 is 0.675 bits per heavy atom. The molecule has 0 fully saturated rings. The highest BCUT2D eigenvalue weighted by molar-refractivity contribution is 7.48. The molecule has 80 heavy (non-hydrogen) atoms. The third kappa shape index (κ3) is 34.2. The van der Waals surface area contributed by atoms with Crippen LogP contribution in [0.3, 0.4) is 0 Å². The Labute approximate surface area is 481 Å². The van der Waals surface area contributed by atoms with Crippen LogP contribution >= 0.6 is 7.82 Å². The molecule has 16 nitrogen and oxygen atoms in total. The fourth-order valence-electron chi connectivity index (χ4n) is 9.59. The highest BCUT2D eigenvalue weighted by Gasteiger charge is 2.32.